The molecule has 0 radical (unpaired) electrons. The molecule has 2 rings (SSSR count). The summed E-state index contributed by atoms with van der Waals surface area (Å²) in [6.07, 6.45) is 4.77. The van der Waals surface area contributed by atoms with Crippen LogP contribution < -0.4 is 5.32 Å². The number of hydrogen-bond donors (Lipinski definition) is 1. The molecule has 1 heterocycles. The van der Waals surface area contributed by atoms with E-state index in [1.54, 1.807) is 0 Å². The molecule has 1 atom stereocenters. The lowest BCUT2D eigenvalue weighted by Crippen LogP contribution is -2.33. The van der Waals surface area contributed by atoms with Gasteiger partial charge in [0, 0.05) is 31.5 Å². The minimum absolute atomic E-state index is 0.406. The van der Waals surface area contributed by atoms with Crippen molar-refractivity contribution in [2.24, 2.45) is 0 Å². The largest absolute Gasteiger partial charge is 0.318 e. The SMILES string of the molecule is CNCC(c1ccccc1)N(C)CCc1ccncc1. The Bertz CT molecular complexity index is 484. The van der Waals surface area contributed by atoms with Crippen molar-refractivity contribution in [3.05, 3.63) is 66.0 Å². The zero-order chi connectivity index (χ0) is 14.2. The van der Waals surface area contributed by atoms with Crippen molar-refractivity contribution in [3.8, 4) is 0 Å². The predicted octanol–water partition coefficient (Wildman–Crippen LogP) is 2.52. The van der Waals surface area contributed by atoms with Gasteiger partial charge in [-0.2, -0.15) is 0 Å². The molecule has 2 aromatic rings. The number of pyridine rings is 1. The fourth-order valence-electron chi connectivity index (χ4n) is 2.41. The molecule has 0 fully saturated rings. The van der Waals surface area contributed by atoms with Crippen LogP contribution >= 0.6 is 0 Å². The molecule has 0 bridgehead atoms. The van der Waals surface area contributed by atoms with E-state index in [9.17, 15) is 0 Å². The quantitative estimate of drug-likeness (QED) is 0.837. The van der Waals surface area contributed by atoms with Crippen LogP contribution in [-0.4, -0.2) is 37.1 Å². The number of hydrogen-bond acceptors (Lipinski definition) is 3. The summed E-state index contributed by atoms with van der Waals surface area (Å²) in [5.41, 5.74) is 2.70. The van der Waals surface area contributed by atoms with Gasteiger partial charge in [0.05, 0.1) is 0 Å². The Kier molecular flexibility index (Phi) is 5.71. The zero-order valence-corrected chi connectivity index (χ0v) is 12.3. The Morgan fingerprint density at radius 1 is 1.10 bits per heavy atom. The minimum Gasteiger partial charge on any atom is -0.318 e. The van der Waals surface area contributed by atoms with Crippen LogP contribution in [0.1, 0.15) is 17.2 Å². The number of aromatic nitrogens is 1. The van der Waals surface area contributed by atoms with Crippen LogP contribution in [0.3, 0.4) is 0 Å². The van der Waals surface area contributed by atoms with Gasteiger partial charge in [-0.3, -0.25) is 9.88 Å². The third kappa shape index (κ3) is 4.15. The van der Waals surface area contributed by atoms with Crippen molar-refractivity contribution in [2.75, 3.05) is 27.2 Å². The van der Waals surface area contributed by atoms with E-state index in [1.165, 1.54) is 11.1 Å². The van der Waals surface area contributed by atoms with Crippen molar-refractivity contribution in [3.63, 3.8) is 0 Å². The number of rotatable bonds is 7. The van der Waals surface area contributed by atoms with Crippen LogP contribution in [0.5, 0.6) is 0 Å². The van der Waals surface area contributed by atoms with Crippen LogP contribution in [0.2, 0.25) is 0 Å². The van der Waals surface area contributed by atoms with Gasteiger partial charge < -0.3 is 5.32 Å². The second kappa shape index (κ2) is 7.78. The molecule has 0 spiro atoms. The standard InChI is InChI=1S/C17H23N3/c1-18-14-17(16-6-4-3-5-7-16)20(2)13-10-15-8-11-19-12-9-15/h3-9,11-12,17-18H,10,13-14H2,1-2H3. The Morgan fingerprint density at radius 2 is 1.80 bits per heavy atom. The highest BCUT2D eigenvalue weighted by atomic mass is 15.1. The maximum absolute atomic E-state index is 4.06. The Hall–Kier alpha value is -1.71. The lowest BCUT2D eigenvalue weighted by Gasteiger charge is -2.28. The summed E-state index contributed by atoms with van der Waals surface area (Å²) in [5, 5.41) is 3.29. The molecule has 3 heteroatoms. The zero-order valence-electron chi connectivity index (χ0n) is 12.3. The third-order valence-electron chi connectivity index (χ3n) is 3.62. The summed E-state index contributed by atoms with van der Waals surface area (Å²) in [6.45, 7) is 1.99. The lowest BCUT2D eigenvalue weighted by molar-refractivity contribution is 0.244. The summed E-state index contributed by atoms with van der Waals surface area (Å²) >= 11 is 0. The van der Waals surface area contributed by atoms with Gasteiger partial charge in [-0.05, 0) is 43.8 Å². The number of nitrogens with one attached hydrogen (secondary N) is 1. The van der Waals surface area contributed by atoms with E-state index in [0.29, 0.717) is 6.04 Å². The molecule has 1 N–H and O–H groups in total. The molecular weight excluding hydrogens is 246 g/mol. The van der Waals surface area contributed by atoms with Crippen LogP contribution in [0.25, 0.3) is 0 Å². The fourth-order valence-corrected chi connectivity index (χ4v) is 2.41. The first-order valence-corrected chi connectivity index (χ1v) is 7.10. The first-order valence-electron chi connectivity index (χ1n) is 7.10. The molecule has 106 valence electrons. The molecule has 1 aromatic carbocycles. The highest BCUT2D eigenvalue weighted by Crippen LogP contribution is 2.18. The molecule has 0 aliphatic carbocycles. The second-order valence-electron chi connectivity index (χ2n) is 5.07. The maximum atomic E-state index is 4.06. The molecule has 20 heavy (non-hydrogen) atoms. The molecule has 0 aliphatic heterocycles. The monoisotopic (exact) mass is 269 g/mol. The van der Waals surface area contributed by atoms with Crippen molar-refractivity contribution in [1.82, 2.24) is 15.2 Å². The Labute approximate surface area is 121 Å². The fraction of sp³-hybridized carbons (Fsp3) is 0.353. The van der Waals surface area contributed by atoms with Gasteiger partial charge in [0.2, 0.25) is 0 Å². The second-order valence-corrected chi connectivity index (χ2v) is 5.07. The van der Waals surface area contributed by atoms with E-state index in [2.05, 4.69) is 64.7 Å². The maximum Gasteiger partial charge on any atom is 0.0469 e. The number of benzene rings is 1. The normalized spacial score (nSPS) is 12.6. The highest BCUT2D eigenvalue weighted by Gasteiger charge is 2.15. The molecule has 0 saturated carbocycles. The van der Waals surface area contributed by atoms with Gasteiger partial charge in [0.25, 0.3) is 0 Å². The average Bonchev–Trinajstić information content (AvgIpc) is 2.52. The lowest BCUT2D eigenvalue weighted by atomic mass is 10.0. The van der Waals surface area contributed by atoms with Gasteiger partial charge in [-0.1, -0.05) is 30.3 Å². The number of likely N-dealkylation sites (N-methyl/N-ethyl adjacent to an activating group) is 2. The van der Waals surface area contributed by atoms with Gasteiger partial charge in [-0.25, -0.2) is 0 Å². The first kappa shape index (κ1) is 14.7. The molecule has 1 aromatic heterocycles. The summed E-state index contributed by atoms with van der Waals surface area (Å²) in [5.74, 6) is 0. The molecule has 0 saturated heterocycles. The molecule has 0 amide bonds. The van der Waals surface area contributed by atoms with Crippen molar-refractivity contribution in [2.45, 2.75) is 12.5 Å². The van der Waals surface area contributed by atoms with E-state index in [1.807, 2.05) is 19.4 Å². The summed E-state index contributed by atoms with van der Waals surface area (Å²) in [7, 11) is 4.20. The Balaban J connectivity index is 1.99. The van der Waals surface area contributed by atoms with Gasteiger partial charge in [-0.15, -0.1) is 0 Å². The average molecular weight is 269 g/mol. The third-order valence-corrected chi connectivity index (χ3v) is 3.62. The summed E-state index contributed by atoms with van der Waals surface area (Å²) < 4.78 is 0. The van der Waals surface area contributed by atoms with Crippen LogP contribution in [0, 0.1) is 0 Å². The van der Waals surface area contributed by atoms with Gasteiger partial charge in [0.15, 0.2) is 0 Å². The molecule has 1 unspecified atom stereocenters. The van der Waals surface area contributed by atoms with E-state index in [0.717, 1.165) is 19.5 Å². The van der Waals surface area contributed by atoms with Crippen molar-refractivity contribution < 1.29 is 0 Å². The molecule has 3 nitrogen and oxygen atoms in total. The highest BCUT2D eigenvalue weighted by molar-refractivity contribution is 5.19. The van der Waals surface area contributed by atoms with Gasteiger partial charge in [0.1, 0.15) is 0 Å². The van der Waals surface area contributed by atoms with Crippen molar-refractivity contribution in [1.29, 1.82) is 0 Å². The smallest absolute Gasteiger partial charge is 0.0469 e. The topological polar surface area (TPSA) is 28.2 Å². The summed E-state index contributed by atoms with van der Waals surface area (Å²) in [6, 6.07) is 15.3. The van der Waals surface area contributed by atoms with E-state index >= 15 is 0 Å². The van der Waals surface area contributed by atoms with E-state index < -0.39 is 0 Å². The van der Waals surface area contributed by atoms with E-state index in [-0.39, 0.29) is 0 Å². The number of nitrogens with zero attached hydrogens (tertiary/aromatic N) is 2. The van der Waals surface area contributed by atoms with Crippen LogP contribution in [0.15, 0.2) is 54.9 Å². The molecular formula is C17H23N3. The molecule has 0 aliphatic rings. The first-order chi connectivity index (χ1) is 9.81. The van der Waals surface area contributed by atoms with Crippen LogP contribution in [-0.2, 0) is 6.42 Å². The van der Waals surface area contributed by atoms with Gasteiger partial charge >= 0.3 is 0 Å². The van der Waals surface area contributed by atoms with E-state index in [4.69, 9.17) is 0 Å². The minimum atomic E-state index is 0.406. The Morgan fingerprint density at radius 3 is 2.45 bits per heavy atom. The summed E-state index contributed by atoms with van der Waals surface area (Å²) in [4.78, 5) is 6.47. The van der Waals surface area contributed by atoms with Crippen molar-refractivity contribution >= 4 is 0 Å². The predicted molar refractivity (Wildman–Crippen MR) is 83.7 cm³/mol. The van der Waals surface area contributed by atoms with Crippen LogP contribution in [0.4, 0.5) is 0 Å².